The first-order valence-electron chi connectivity index (χ1n) is 4.87. The third-order valence-electron chi connectivity index (χ3n) is 2.62. The number of ether oxygens (including phenoxy) is 1. The van der Waals surface area contributed by atoms with E-state index in [1.54, 1.807) is 7.05 Å². The maximum Gasteiger partial charge on any atom is 0.413 e. The molecule has 1 rings (SSSR count). The summed E-state index contributed by atoms with van der Waals surface area (Å²) in [4.78, 5) is 12.9. The lowest BCUT2D eigenvalue weighted by Gasteiger charge is -2.19. The molecule has 0 aromatic heterocycles. The Morgan fingerprint density at radius 2 is 1.67 bits per heavy atom. The number of rotatable bonds is 1. The Morgan fingerprint density at radius 1 is 1.13 bits per heavy atom. The minimum atomic E-state index is -0.346. The summed E-state index contributed by atoms with van der Waals surface area (Å²) in [5, 5.41) is 0. The molecule has 0 aliphatic heterocycles. The second kappa shape index (κ2) is 4.34. The van der Waals surface area contributed by atoms with Gasteiger partial charge in [-0.15, -0.1) is 0 Å². The van der Waals surface area contributed by atoms with Gasteiger partial charge in [-0.25, -0.2) is 4.79 Å². The van der Waals surface area contributed by atoms with Crippen LogP contribution in [0.4, 0.5) is 10.5 Å². The number of amides is 1. The van der Waals surface area contributed by atoms with Gasteiger partial charge in [0, 0.05) is 12.7 Å². The van der Waals surface area contributed by atoms with Crippen molar-refractivity contribution in [3.8, 4) is 0 Å². The molecule has 15 heavy (non-hydrogen) atoms. The zero-order chi connectivity index (χ0) is 11.6. The topological polar surface area (TPSA) is 29.5 Å². The van der Waals surface area contributed by atoms with Crippen molar-refractivity contribution < 1.29 is 9.53 Å². The Balaban J connectivity index is 3.14. The lowest BCUT2D eigenvalue weighted by atomic mass is 10.0. The molecule has 0 N–H and O–H groups in total. The molecule has 0 bridgehead atoms. The average Bonchev–Trinajstić information content (AvgIpc) is 2.21. The van der Waals surface area contributed by atoms with Crippen molar-refractivity contribution in [3.63, 3.8) is 0 Å². The van der Waals surface area contributed by atoms with Gasteiger partial charge in [-0.1, -0.05) is 6.07 Å². The highest BCUT2D eigenvalue weighted by Crippen LogP contribution is 2.23. The molecule has 3 heteroatoms. The number of aryl methyl sites for hydroxylation is 3. The Labute approximate surface area is 90.7 Å². The van der Waals surface area contributed by atoms with Crippen LogP contribution < -0.4 is 4.90 Å². The van der Waals surface area contributed by atoms with Gasteiger partial charge in [0.15, 0.2) is 0 Å². The van der Waals surface area contributed by atoms with E-state index in [1.165, 1.54) is 23.1 Å². The van der Waals surface area contributed by atoms with Crippen molar-refractivity contribution in [2.75, 3.05) is 19.1 Å². The molecular formula is C12H17NO2. The summed E-state index contributed by atoms with van der Waals surface area (Å²) in [6.07, 6.45) is -0.346. The summed E-state index contributed by atoms with van der Waals surface area (Å²) in [6.45, 7) is 6.08. The smallest absolute Gasteiger partial charge is 0.413 e. The molecule has 0 radical (unpaired) electrons. The first-order chi connectivity index (χ1) is 6.97. The summed E-state index contributed by atoms with van der Waals surface area (Å²) in [7, 11) is 3.10. The largest absolute Gasteiger partial charge is 0.452 e. The second-order valence-electron chi connectivity index (χ2n) is 3.75. The molecule has 0 aliphatic rings. The van der Waals surface area contributed by atoms with Gasteiger partial charge >= 0.3 is 6.09 Å². The van der Waals surface area contributed by atoms with E-state index in [4.69, 9.17) is 0 Å². The Morgan fingerprint density at radius 3 is 2.20 bits per heavy atom. The van der Waals surface area contributed by atoms with Crippen molar-refractivity contribution in [1.82, 2.24) is 0 Å². The quantitative estimate of drug-likeness (QED) is 0.708. The number of hydrogen-bond acceptors (Lipinski definition) is 2. The van der Waals surface area contributed by atoms with Crippen molar-refractivity contribution in [2.24, 2.45) is 0 Å². The standard InChI is InChI=1S/C12H17NO2/c1-8-6-10(3)11(7-9(8)2)13(4)12(14)15-5/h6-7H,1-5H3. The van der Waals surface area contributed by atoms with Crippen LogP contribution in [0.25, 0.3) is 0 Å². The minimum absolute atomic E-state index is 0.346. The lowest BCUT2D eigenvalue weighted by Crippen LogP contribution is -2.26. The van der Waals surface area contributed by atoms with Crippen LogP contribution in [0.2, 0.25) is 0 Å². The third kappa shape index (κ3) is 2.29. The second-order valence-corrected chi connectivity index (χ2v) is 3.75. The maximum absolute atomic E-state index is 11.4. The lowest BCUT2D eigenvalue weighted by molar-refractivity contribution is 0.180. The van der Waals surface area contributed by atoms with E-state index in [-0.39, 0.29) is 6.09 Å². The van der Waals surface area contributed by atoms with E-state index in [9.17, 15) is 4.79 Å². The van der Waals surface area contributed by atoms with Crippen molar-refractivity contribution >= 4 is 11.8 Å². The fraction of sp³-hybridized carbons (Fsp3) is 0.417. The normalized spacial score (nSPS) is 9.93. The number of anilines is 1. The number of carbonyl (C=O) groups is 1. The van der Waals surface area contributed by atoms with Crippen LogP contribution >= 0.6 is 0 Å². The van der Waals surface area contributed by atoms with E-state index in [0.717, 1.165) is 11.3 Å². The Bertz CT molecular complexity index is 385. The molecule has 82 valence electrons. The van der Waals surface area contributed by atoms with Gasteiger partial charge in [0.2, 0.25) is 0 Å². The average molecular weight is 207 g/mol. The van der Waals surface area contributed by atoms with Crippen LogP contribution in [0.5, 0.6) is 0 Å². The van der Waals surface area contributed by atoms with Crippen LogP contribution in [-0.4, -0.2) is 20.3 Å². The fourth-order valence-corrected chi connectivity index (χ4v) is 1.54. The summed E-state index contributed by atoms with van der Waals surface area (Å²) < 4.78 is 4.68. The number of benzene rings is 1. The predicted octanol–water partition coefficient (Wildman–Crippen LogP) is 2.81. The van der Waals surface area contributed by atoms with E-state index in [1.807, 2.05) is 19.9 Å². The zero-order valence-corrected chi connectivity index (χ0v) is 9.92. The van der Waals surface area contributed by atoms with Crippen LogP contribution in [-0.2, 0) is 4.74 Å². The molecule has 3 nitrogen and oxygen atoms in total. The van der Waals surface area contributed by atoms with E-state index >= 15 is 0 Å². The first-order valence-corrected chi connectivity index (χ1v) is 4.87. The van der Waals surface area contributed by atoms with Gasteiger partial charge < -0.3 is 4.74 Å². The van der Waals surface area contributed by atoms with Gasteiger partial charge in [0.05, 0.1) is 7.11 Å². The predicted molar refractivity (Wildman–Crippen MR) is 61.5 cm³/mol. The van der Waals surface area contributed by atoms with Crippen molar-refractivity contribution in [3.05, 3.63) is 28.8 Å². The van der Waals surface area contributed by atoms with Gasteiger partial charge in [0.1, 0.15) is 0 Å². The molecule has 0 saturated carbocycles. The molecule has 0 atom stereocenters. The maximum atomic E-state index is 11.4. The van der Waals surface area contributed by atoms with Gasteiger partial charge in [-0.2, -0.15) is 0 Å². The van der Waals surface area contributed by atoms with E-state index < -0.39 is 0 Å². The number of methoxy groups -OCH3 is 1. The Hall–Kier alpha value is -1.51. The SMILES string of the molecule is COC(=O)N(C)c1cc(C)c(C)cc1C. The molecule has 1 aromatic carbocycles. The Kier molecular flexibility index (Phi) is 3.35. The van der Waals surface area contributed by atoms with Crippen molar-refractivity contribution in [2.45, 2.75) is 20.8 Å². The molecule has 0 heterocycles. The summed E-state index contributed by atoms with van der Waals surface area (Å²) in [6, 6.07) is 4.08. The zero-order valence-electron chi connectivity index (χ0n) is 9.92. The third-order valence-corrected chi connectivity index (χ3v) is 2.62. The highest BCUT2D eigenvalue weighted by molar-refractivity contribution is 5.88. The van der Waals surface area contributed by atoms with Crippen molar-refractivity contribution in [1.29, 1.82) is 0 Å². The van der Waals surface area contributed by atoms with Crippen LogP contribution in [0.1, 0.15) is 16.7 Å². The molecule has 1 amide bonds. The molecule has 1 aromatic rings. The van der Waals surface area contributed by atoms with Gasteiger partial charge in [-0.3, -0.25) is 4.90 Å². The van der Waals surface area contributed by atoms with Crippen LogP contribution in [0.15, 0.2) is 12.1 Å². The number of hydrogen-bond donors (Lipinski definition) is 0. The van der Waals surface area contributed by atoms with Gasteiger partial charge in [0.25, 0.3) is 0 Å². The fourth-order valence-electron chi connectivity index (χ4n) is 1.54. The van der Waals surface area contributed by atoms with Crippen LogP contribution in [0.3, 0.4) is 0 Å². The van der Waals surface area contributed by atoms with E-state index in [2.05, 4.69) is 17.7 Å². The summed E-state index contributed by atoms with van der Waals surface area (Å²) >= 11 is 0. The number of nitrogens with zero attached hydrogens (tertiary/aromatic N) is 1. The molecule has 0 fully saturated rings. The van der Waals surface area contributed by atoms with Crippen LogP contribution in [0, 0.1) is 20.8 Å². The monoisotopic (exact) mass is 207 g/mol. The van der Waals surface area contributed by atoms with E-state index in [0.29, 0.717) is 0 Å². The molecule has 0 aliphatic carbocycles. The highest BCUT2D eigenvalue weighted by Gasteiger charge is 2.13. The van der Waals surface area contributed by atoms with Gasteiger partial charge in [-0.05, 0) is 43.5 Å². The first kappa shape index (κ1) is 11.6. The highest BCUT2D eigenvalue weighted by atomic mass is 16.5. The number of carbonyl (C=O) groups excluding carboxylic acids is 1. The molecular weight excluding hydrogens is 190 g/mol. The molecule has 0 unspecified atom stereocenters. The summed E-state index contributed by atoms with van der Waals surface area (Å²) in [5.74, 6) is 0. The molecule has 0 saturated heterocycles. The summed E-state index contributed by atoms with van der Waals surface area (Å²) in [5.41, 5.74) is 4.37. The minimum Gasteiger partial charge on any atom is -0.452 e. The molecule has 0 spiro atoms.